The fourth-order valence-corrected chi connectivity index (χ4v) is 6.15. The van der Waals surface area contributed by atoms with Crippen molar-refractivity contribution < 1.29 is 14.3 Å². The molecular formula is C26H32N6O3S. The van der Waals surface area contributed by atoms with Crippen LogP contribution in [0.2, 0.25) is 0 Å². The molecule has 3 N–H and O–H groups in total. The van der Waals surface area contributed by atoms with Crippen LogP contribution < -0.4 is 15.8 Å². The minimum Gasteiger partial charge on any atom is -0.495 e. The third kappa shape index (κ3) is 3.99. The van der Waals surface area contributed by atoms with Crippen LogP contribution in [-0.2, 0) is 22.7 Å². The van der Waals surface area contributed by atoms with Crippen molar-refractivity contribution in [1.29, 1.82) is 0 Å². The highest BCUT2D eigenvalue weighted by molar-refractivity contribution is 7.22. The number of rotatable bonds is 7. The summed E-state index contributed by atoms with van der Waals surface area (Å²) in [6, 6.07) is 6.39. The lowest BCUT2D eigenvalue weighted by atomic mass is 9.98. The van der Waals surface area contributed by atoms with Gasteiger partial charge < -0.3 is 20.5 Å². The number of aryl methyl sites for hydroxylation is 1. The standard InChI is InChI=1S/C26H32N6O3S/c1-6-35-13-17-18(12-31-8-7-28-25(33)26(31,3)4)32-22(24(27)29-14-30-32)21(17)20-11-16-9-15(2)10-19(34-5)23(16)36-20/h9-11,14H,6-8,12-13H2,1-5H3,(H,28,33)(H2,27,29,30). The molecule has 0 saturated carbocycles. The van der Waals surface area contributed by atoms with Crippen LogP contribution in [0.4, 0.5) is 5.82 Å². The molecule has 3 aromatic heterocycles. The van der Waals surface area contributed by atoms with E-state index in [-0.39, 0.29) is 5.91 Å². The van der Waals surface area contributed by atoms with E-state index >= 15 is 0 Å². The van der Waals surface area contributed by atoms with Crippen molar-refractivity contribution >= 4 is 38.7 Å². The summed E-state index contributed by atoms with van der Waals surface area (Å²) in [6.07, 6.45) is 1.48. The Hall–Kier alpha value is -3.21. The minimum atomic E-state index is -0.660. The smallest absolute Gasteiger partial charge is 0.240 e. The van der Waals surface area contributed by atoms with Crippen molar-refractivity contribution in [3.63, 3.8) is 0 Å². The number of piperazine rings is 1. The molecule has 5 rings (SSSR count). The van der Waals surface area contributed by atoms with E-state index in [2.05, 4.69) is 39.4 Å². The number of thiophene rings is 1. The van der Waals surface area contributed by atoms with Crippen molar-refractivity contribution in [2.75, 3.05) is 32.5 Å². The highest BCUT2D eigenvalue weighted by Crippen LogP contribution is 2.44. The number of hydrogen-bond donors (Lipinski definition) is 2. The zero-order valence-corrected chi connectivity index (χ0v) is 22.2. The lowest BCUT2D eigenvalue weighted by molar-refractivity contribution is -0.135. The maximum atomic E-state index is 12.7. The van der Waals surface area contributed by atoms with Crippen molar-refractivity contribution in [2.45, 2.75) is 46.4 Å². The Balaban J connectivity index is 1.75. The van der Waals surface area contributed by atoms with E-state index in [9.17, 15) is 4.79 Å². The first kappa shape index (κ1) is 24.5. The largest absolute Gasteiger partial charge is 0.495 e. The molecule has 190 valence electrons. The normalized spacial score (nSPS) is 16.1. The molecule has 1 amide bonds. The van der Waals surface area contributed by atoms with Crippen LogP contribution in [0, 0.1) is 6.92 Å². The van der Waals surface area contributed by atoms with Gasteiger partial charge in [-0.3, -0.25) is 9.69 Å². The molecule has 0 unspecified atom stereocenters. The number of nitrogen functional groups attached to an aromatic ring is 1. The molecule has 36 heavy (non-hydrogen) atoms. The van der Waals surface area contributed by atoms with E-state index < -0.39 is 5.54 Å². The molecule has 1 saturated heterocycles. The van der Waals surface area contributed by atoms with Gasteiger partial charge in [-0.05, 0) is 50.8 Å². The van der Waals surface area contributed by atoms with E-state index in [1.165, 1.54) is 6.33 Å². The number of aromatic nitrogens is 3. The topological polar surface area (TPSA) is 107 Å². The summed E-state index contributed by atoms with van der Waals surface area (Å²) in [5.74, 6) is 1.27. The molecule has 0 atom stereocenters. The third-order valence-electron chi connectivity index (χ3n) is 6.96. The van der Waals surface area contributed by atoms with E-state index in [0.717, 1.165) is 55.2 Å². The summed E-state index contributed by atoms with van der Waals surface area (Å²) in [4.78, 5) is 20.2. The number of benzene rings is 1. The highest BCUT2D eigenvalue weighted by atomic mass is 32.1. The molecule has 1 aliphatic rings. The Morgan fingerprint density at radius 3 is 2.83 bits per heavy atom. The second kappa shape index (κ2) is 9.34. The fraction of sp³-hybridized carbons (Fsp3) is 0.423. The third-order valence-corrected chi connectivity index (χ3v) is 8.14. The van der Waals surface area contributed by atoms with Crippen LogP contribution in [0.1, 0.15) is 37.6 Å². The summed E-state index contributed by atoms with van der Waals surface area (Å²) < 4.78 is 14.6. The molecule has 0 aliphatic carbocycles. The number of amides is 1. The van der Waals surface area contributed by atoms with Gasteiger partial charge in [-0.2, -0.15) is 5.10 Å². The molecule has 0 spiro atoms. The Labute approximate surface area is 214 Å². The zero-order valence-electron chi connectivity index (χ0n) is 21.3. The van der Waals surface area contributed by atoms with Gasteiger partial charge in [0.05, 0.1) is 29.6 Å². The molecule has 1 aliphatic heterocycles. The van der Waals surface area contributed by atoms with Crippen molar-refractivity contribution in [3.05, 3.63) is 41.3 Å². The summed E-state index contributed by atoms with van der Waals surface area (Å²) in [6.45, 7) is 10.8. The van der Waals surface area contributed by atoms with Crippen LogP contribution in [-0.4, -0.2) is 57.8 Å². The van der Waals surface area contributed by atoms with Gasteiger partial charge in [-0.1, -0.05) is 6.07 Å². The number of anilines is 1. The maximum Gasteiger partial charge on any atom is 0.240 e. The number of nitrogens with two attached hydrogens (primary N) is 1. The summed E-state index contributed by atoms with van der Waals surface area (Å²) >= 11 is 1.66. The molecule has 4 heterocycles. The average Bonchev–Trinajstić information content (AvgIpc) is 3.39. The van der Waals surface area contributed by atoms with Crippen LogP contribution in [0.5, 0.6) is 5.75 Å². The highest BCUT2D eigenvalue weighted by Gasteiger charge is 2.39. The summed E-state index contributed by atoms with van der Waals surface area (Å²) in [7, 11) is 1.70. The average molecular weight is 509 g/mol. The van der Waals surface area contributed by atoms with Crippen LogP contribution in [0.3, 0.4) is 0 Å². The first-order chi connectivity index (χ1) is 17.3. The number of nitrogens with zero attached hydrogens (tertiary/aromatic N) is 4. The van der Waals surface area contributed by atoms with E-state index in [1.807, 2.05) is 31.4 Å². The van der Waals surface area contributed by atoms with Crippen molar-refractivity contribution in [3.8, 4) is 16.2 Å². The van der Waals surface area contributed by atoms with Crippen LogP contribution in [0.15, 0.2) is 24.5 Å². The van der Waals surface area contributed by atoms with Gasteiger partial charge in [0.25, 0.3) is 0 Å². The molecule has 0 radical (unpaired) electrons. The number of carbonyl (C=O) groups is 1. The molecular weight excluding hydrogens is 476 g/mol. The maximum absolute atomic E-state index is 12.7. The first-order valence-corrected chi connectivity index (χ1v) is 12.9. The quantitative estimate of drug-likeness (QED) is 0.391. The van der Waals surface area contributed by atoms with Gasteiger partial charge in [-0.25, -0.2) is 9.50 Å². The number of hydrogen-bond acceptors (Lipinski definition) is 8. The summed E-state index contributed by atoms with van der Waals surface area (Å²) in [5, 5.41) is 8.70. The van der Waals surface area contributed by atoms with Gasteiger partial charge in [0.1, 0.15) is 17.6 Å². The zero-order chi connectivity index (χ0) is 25.6. The van der Waals surface area contributed by atoms with Crippen molar-refractivity contribution in [1.82, 2.24) is 24.8 Å². The Kier molecular flexibility index (Phi) is 6.36. The number of ether oxygens (including phenoxy) is 2. The van der Waals surface area contributed by atoms with Gasteiger partial charge in [0.2, 0.25) is 5.91 Å². The molecule has 1 fully saturated rings. The van der Waals surface area contributed by atoms with E-state index in [4.69, 9.17) is 15.2 Å². The number of nitrogens with one attached hydrogen (secondary N) is 1. The Morgan fingerprint density at radius 2 is 2.08 bits per heavy atom. The van der Waals surface area contributed by atoms with E-state index in [1.54, 1.807) is 18.4 Å². The molecule has 10 heteroatoms. The predicted molar refractivity (Wildman–Crippen MR) is 142 cm³/mol. The van der Waals surface area contributed by atoms with Crippen molar-refractivity contribution in [2.24, 2.45) is 0 Å². The van der Waals surface area contributed by atoms with Crippen LogP contribution in [0.25, 0.3) is 26.0 Å². The Bertz CT molecular complexity index is 1460. The van der Waals surface area contributed by atoms with Gasteiger partial charge >= 0.3 is 0 Å². The monoisotopic (exact) mass is 508 g/mol. The molecule has 4 aromatic rings. The number of carbonyl (C=O) groups excluding carboxylic acids is 1. The van der Waals surface area contributed by atoms with Gasteiger partial charge in [-0.15, -0.1) is 11.3 Å². The molecule has 1 aromatic carbocycles. The van der Waals surface area contributed by atoms with Gasteiger partial charge in [0.15, 0.2) is 5.82 Å². The van der Waals surface area contributed by atoms with E-state index in [0.29, 0.717) is 32.1 Å². The fourth-order valence-electron chi connectivity index (χ4n) is 4.95. The number of fused-ring (bicyclic) bond motifs is 2. The first-order valence-electron chi connectivity index (χ1n) is 12.1. The Morgan fingerprint density at radius 1 is 1.28 bits per heavy atom. The summed E-state index contributed by atoms with van der Waals surface area (Å²) in [5.41, 5.74) is 10.6. The predicted octanol–water partition coefficient (Wildman–Crippen LogP) is 3.76. The second-order valence-corrected chi connectivity index (χ2v) is 10.6. The minimum absolute atomic E-state index is 0.0160. The van der Waals surface area contributed by atoms with Crippen LogP contribution >= 0.6 is 11.3 Å². The molecule has 9 nitrogen and oxygen atoms in total. The number of methoxy groups -OCH3 is 1. The lowest BCUT2D eigenvalue weighted by Gasteiger charge is -2.41. The lowest BCUT2D eigenvalue weighted by Crippen LogP contribution is -2.61. The second-order valence-electron chi connectivity index (χ2n) is 9.58. The molecule has 0 bridgehead atoms. The SMILES string of the molecule is CCOCc1c(-c2cc3cc(C)cc(OC)c3s2)c2c(N)ncnn2c1CN1CCNC(=O)C1(C)C. The van der Waals surface area contributed by atoms with Gasteiger partial charge in [0, 0.05) is 42.2 Å².